The first-order valence-corrected chi connectivity index (χ1v) is 14.0. The molecule has 13 heteroatoms. The van der Waals surface area contributed by atoms with Gasteiger partial charge in [0.05, 0.1) is 15.9 Å². The number of nitro groups is 2. The fraction of sp³-hybridized carbons (Fsp3) is 0.704. The molecule has 0 spiro atoms. The first kappa shape index (κ1) is 32.7. The minimum absolute atomic E-state index is 0.00740. The van der Waals surface area contributed by atoms with Crippen LogP contribution in [0.3, 0.4) is 0 Å². The lowest BCUT2D eigenvalue weighted by Crippen LogP contribution is -2.44. The van der Waals surface area contributed by atoms with Crippen LogP contribution in [0.15, 0.2) is 18.2 Å². The Kier molecular flexibility index (Phi) is 13.0. The van der Waals surface area contributed by atoms with Gasteiger partial charge in [0.1, 0.15) is 17.3 Å². The number of carbonyl (C=O) groups excluding carboxylic acids is 1. The standard InChI is InChI=1S/C15H20N4O8.C12H23N/c1-15(2,3)27-14(22)17-11(13(20)21)6-7-16-10-5-4-9(18(23)24)8-12(10)19(25)26;1-3-7-11(8-4-1)13-12-9-5-2-6-10-12/h4-5,8,11,16H,6-7H2,1-3H3,(H,17,22)(H,20,21);11-13H,1-10H2/t11-;/m0./s1. The van der Waals surface area contributed by atoms with Gasteiger partial charge in [0.25, 0.3) is 11.4 Å². The quantitative estimate of drug-likeness (QED) is 0.208. The second kappa shape index (κ2) is 15.9. The summed E-state index contributed by atoms with van der Waals surface area (Å²) in [6.45, 7) is 4.82. The van der Waals surface area contributed by atoms with Crippen LogP contribution in [0.2, 0.25) is 0 Å². The number of carbonyl (C=O) groups is 2. The number of nitro benzene ring substituents is 2. The van der Waals surface area contributed by atoms with Gasteiger partial charge in [-0.2, -0.15) is 0 Å². The lowest BCUT2D eigenvalue weighted by atomic mass is 9.91. The first-order valence-electron chi connectivity index (χ1n) is 14.0. The number of carboxylic acids is 1. The van der Waals surface area contributed by atoms with Crippen molar-refractivity contribution in [2.24, 2.45) is 0 Å². The number of amides is 1. The maximum Gasteiger partial charge on any atom is 0.408 e. The van der Waals surface area contributed by atoms with E-state index < -0.39 is 44.9 Å². The van der Waals surface area contributed by atoms with Gasteiger partial charge in [0.15, 0.2) is 0 Å². The van der Waals surface area contributed by atoms with Crippen molar-refractivity contribution in [2.75, 3.05) is 11.9 Å². The normalized spacial score (nSPS) is 17.1. The minimum Gasteiger partial charge on any atom is -0.480 e. The van der Waals surface area contributed by atoms with E-state index in [1.807, 2.05) is 0 Å². The molecule has 2 fully saturated rings. The Balaban J connectivity index is 0.000000355. The van der Waals surface area contributed by atoms with Crippen molar-refractivity contribution in [3.05, 3.63) is 38.4 Å². The number of rotatable bonds is 10. The van der Waals surface area contributed by atoms with Crippen LogP contribution in [-0.4, -0.2) is 57.3 Å². The molecule has 40 heavy (non-hydrogen) atoms. The summed E-state index contributed by atoms with van der Waals surface area (Å²) in [7, 11) is 0. The highest BCUT2D eigenvalue weighted by Crippen LogP contribution is 2.29. The van der Waals surface area contributed by atoms with E-state index in [-0.39, 0.29) is 18.7 Å². The zero-order valence-electron chi connectivity index (χ0n) is 23.6. The molecule has 0 saturated heterocycles. The Morgan fingerprint density at radius 2 is 1.52 bits per heavy atom. The van der Waals surface area contributed by atoms with E-state index in [1.54, 1.807) is 20.8 Å². The SMILES string of the molecule is C1CCC(NC2CCCCC2)CC1.CC(C)(C)OC(=O)N[C@@H](CCNc1ccc([N+](=O)[O-])cc1[N+](=O)[O-])C(=O)O. The molecule has 3 rings (SSSR count). The van der Waals surface area contributed by atoms with Crippen molar-refractivity contribution >= 4 is 29.1 Å². The monoisotopic (exact) mass is 565 g/mol. The first-order chi connectivity index (χ1) is 18.9. The second-order valence-corrected chi connectivity index (χ2v) is 11.3. The molecule has 4 N–H and O–H groups in total. The lowest BCUT2D eigenvalue weighted by Gasteiger charge is -2.30. The maximum atomic E-state index is 11.7. The Hall–Kier alpha value is -3.48. The van der Waals surface area contributed by atoms with Crippen LogP contribution >= 0.6 is 0 Å². The highest BCUT2D eigenvalue weighted by atomic mass is 16.6. The molecule has 1 atom stereocenters. The van der Waals surface area contributed by atoms with Crippen molar-refractivity contribution < 1.29 is 29.3 Å². The molecule has 1 amide bonds. The molecule has 1 aromatic carbocycles. The van der Waals surface area contributed by atoms with E-state index in [9.17, 15) is 34.9 Å². The molecular weight excluding hydrogens is 522 g/mol. The summed E-state index contributed by atoms with van der Waals surface area (Å²) >= 11 is 0. The summed E-state index contributed by atoms with van der Waals surface area (Å²) in [6.07, 6.45) is 13.6. The number of ether oxygens (including phenoxy) is 1. The van der Waals surface area contributed by atoms with Crippen molar-refractivity contribution in [1.29, 1.82) is 0 Å². The van der Waals surface area contributed by atoms with Crippen LogP contribution in [0.1, 0.15) is 91.4 Å². The Bertz CT molecular complexity index is 985. The molecular formula is C27H43N5O8. The van der Waals surface area contributed by atoms with Crippen LogP contribution < -0.4 is 16.0 Å². The minimum atomic E-state index is -1.30. The predicted octanol–water partition coefficient (Wildman–Crippen LogP) is 5.52. The number of carboxylic acid groups (broad SMARTS) is 1. The summed E-state index contributed by atoms with van der Waals surface area (Å²) in [6, 6.07) is 3.50. The van der Waals surface area contributed by atoms with E-state index in [1.165, 1.54) is 64.2 Å². The largest absolute Gasteiger partial charge is 0.480 e. The molecule has 0 bridgehead atoms. The maximum absolute atomic E-state index is 11.7. The zero-order valence-corrected chi connectivity index (χ0v) is 23.6. The van der Waals surface area contributed by atoms with Gasteiger partial charge < -0.3 is 25.8 Å². The van der Waals surface area contributed by atoms with Gasteiger partial charge in [-0.3, -0.25) is 20.2 Å². The van der Waals surface area contributed by atoms with E-state index >= 15 is 0 Å². The van der Waals surface area contributed by atoms with Crippen LogP contribution in [-0.2, 0) is 9.53 Å². The lowest BCUT2D eigenvalue weighted by molar-refractivity contribution is -0.393. The number of hydrogen-bond donors (Lipinski definition) is 4. The van der Waals surface area contributed by atoms with Gasteiger partial charge >= 0.3 is 12.1 Å². The molecule has 13 nitrogen and oxygen atoms in total. The van der Waals surface area contributed by atoms with E-state index in [4.69, 9.17) is 4.74 Å². The van der Waals surface area contributed by atoms with Gasteiger partial charge in [-0.1, -0.05) is 38.5 Å². The molecule has 2 saturated carbocycles. The smallest absolute Gasteiger partial charge is 0.408 e. The summed E-state index contributed by atoms with van der Waals surface area (Å²) in [5.41, 5.74) is -1.77. The van der Waals surface area contributed by atoms with E-state index in [0.717, 1.165) is 30.3 Å². The summed E-state index contributed by atoms with van der Waals surface area (Å²) in [5.74, 6) is -1.30. The average molecular weight is 566 g/mol. The second-order valence-electron chi connectivity index (χ2n) is 11.3. The number of alkyl carbamates (subject to hydrolysis) is 1. The number of non-ortho nitro benzene ring substituents is 1. The van der Waals surface area contributed by atoms with Crippen molar-refractivity contribution in [2.45, 2.75) is 115 Å². The van der Waals surface area contributed by atoms with E-state index in [2.05, 4.69) is 16.0 Å². The van der Waals surface area contributed by atoms with Gasteiger partial charge in [-0.15, -0.1) is 0 Å². The van der Waals surface area contributed by atoms with Gasteiger partial charge in [-0.25, -0.2) is 9.59 Å². The molecule has 0 unspecified atom stereocenters. The Labute approximate surface area is 234 Å². The van der Waals surface area contributed by atoms with Crippen LogP contribution in [0.4, 0.5) is 21.9 Å². The summed E-state index contributed by atoms with van der Waals surface area (Å²) in [4.78, 5) is 43.2. The van der Waals surface area contributed by atoms with Gasteiger partial charge in [-0.05, 0) is 58.9 Å². The topological polar surface area (TPSA) is 186 Å². The molecule has 0 aromatic heterocycles. The number of nitrogens with zero attached hydrogens (tertiary/aromatic N) is 2. The highest BCUT2D eigenvalue weighted by molar-refractivity contribution is 5.80. The third-order valence-corrected chi connectivity index (χ3v) is 6.81. The molecule has 0 radical (unpaired) electrons. The van der Waals surface area contributed by atoms with Crippen LogP contribution in [0, 0.1) is 20.2 Å². The van der Waals surface area contributed by atoms with Crippen LogP contribution in [0.25, 0.3) is 0 Å². The Morgan fingerprint density at radius 3 is 1.98 bits per heavy atom. The number of nitrogens with one attached hydrogen (secondary N) is 3. The predicted molar refractivity (Wildman–Crippen MR) is 151 cm³/mol. The number of aliphatic carboxylic acids is 1. The molecule has 0 aliphatic heterocycles. The number of hydrogen-bond acceptors (Lipinski definition) is 9. The molecule has 2 aliphatic carbocycles. The number of benzene rings is 1. The highest BCUT2D eigenvalue weighted by Gasteiger charge is 2.25. The summed E-state index contributed by atoms with van der Waals surface area (Å²) in [5, 5.41) is 39.6. The zero-order chi connectivity index (χ0) is 29.7. The fourth-order valence-electron chi connectivity index (χ4n) is 4.86. The summed E-state index contributed by atoms with van der Waals surface area (Å²) < 4.78 is 4.98. The van der Waals surface area contributed by atoms with Crippen molar-refractivity contribution in [1.82, 2.24) is 10.6 Å². The average Bonchev–Trinajstić information content (AvgIpc) is 2.88. The Morgan fingerprint density at radius 1 is 0.975 bits per heavy atom. The molecule has 0 heterocycles. The molecule has 224 valence electrons. The number of anilines is 1. The fourth-order valence-corrected chi connectivity index (χ4v) is 4.86. The third-order valence-electron chi connectivity index (χ3n) is 6.81. The molecule has 1 aromatic rings. The van der Waals surface area contributed by atoms with Crippen LogP contribution in [0.5, 0.6) is 0 Å². The third kappa shape index (κ3) is 12.1. The van der Waals surface area contributed by atoms with Crippen molar-refractivity contribution in [3.63, 3.8) is 0 Å². The van der Waals surface area contributed by atoms with E-state index in [0.29, 0.717) is 0 Å². The molecule has 2 aliphatic rings. The van der Waals surface area contributed by atoms with Gasteiger partial charge in [0.2, 0.25) is 0 Å². The van der Waals surface area contributed by atoms with Crippen molar-refractivity contribution in [3.8, 4) is 0 Å². The van der Waals surface area contributed by atoms with Gasteiger partial charge in [0, 0.05) is 24.7 Å².